The van der Waals surface area contributed by atoms with Crippen molar-refractivity contribution in [2.75, 3.05) is 13.2 Å². The third-order valence-corrected chi connectivity index (χ3v) is 4.68. The molecule has 2 fully saturated rings. The van der Waals surface area contributed by atoms with E-state index in [1.165, 1.54) is 6.42 Å². The fourth-order valence-electron chi connectivity index (χ4n) is 3.24. The zero-order valence-electron chi connectivity index (χ0n) is 11.5. The van der Waals surface area contributed by atoms with Gasteiger partial charge in [-0.25, -0.2) is 0 Å². The van der Waals surface area contributed by atoms with Crippen molar-refractivity contribution in [3.63, 3.8) is 0 Å². The zero-order chi connectivity index (χ0) is 13.2. The van der Waals surface area contributed by atoms with Gasteiger partial charge in [-0.15, -0.1) is 0 Å². The predicted octanol–water partition coefficient (Wildman–Crippen LogP) is 2.27. The zero-order valence-corrected chi connectivity index (χ0v) is 11.5. The molecular formula is C14H25NO3. The molecule has 1 N–H and O–H groups in total. The summed E-state index contributed by atoms with van der Waals surface area (Å²) in [6.45, 7) is 5.21. The maximum absolute atomic E-state index is 11.0. The van der Waals surface area contributed by atoms with E-state index in [9.17, 15) is 4.79 Å². The molecule has 0 aromatic carbocycles. The average Bonchev–Trinajstić information content (AvgIpc) is 2.33. The minimum absolute atomic E-state index is 0.0904. The molecule has 2 atom stereocenters. The molecule has 1 saturated heterocycles. The van der Waals surface area contributed by atoms with E-state index in [0.717, 1.165) is 38.7 Å². The van der Waals surface area contributed by atoms with E-state index in [1.54, 1.807) is 0 Å². The van der Waals surface area contributed by atoms with Gasteiger partial charge in [-0.3, -0.25) is 9.69 Å². The van der Waals surface area contributed by atoms with Gasteiger partial charge < -0.3 is 9.84 Å². The van der Waals surface area contributed by atoms with Crippen LogP contribution in [-0.4, -0.2) is 46.8 Å². The smallest absolute Gasteiger partial charge is 0.317 e. The number of nitrogens with zero attached hydrogens (tertiary/aromatic N) is 1. The number of rotatable bonds is 5. The van der Waals surface area contributed by atoms with Gasteiger partial charge in [0, 0.05) is 18.7 Å². The van der Waals surface area contributed by atoms with Crippen LogP contribution in [0.1, 0.15) is 52.4 Å². The topological polar surface area (TPSA) is 49.8 Å². The van der Waals surface area contributed by atoms with E-state index in [4.69, 9.17) is 9.84 Å². The molecule has 1 aliphatic carbocycles. The summed E-state index contributed by atoms with van der Waals surface area (Å²) < 4.78 is 5.93. The van der Waals surface area contributed by atoms with Crippen LogP contribution in [0.25, 0.3) is 0 Å². The third-order valence-electron chi connectivity index (χ3n) is 4.68. The van der Waals surface area contributed by atoms with Gasteiger partial charge >= 0.3 is 5.97 Å². The van der Waals surface area contributed by atoms with Gasteiger partial charge in [0.2, 0.25) is 0 Å². The van der Waals surface area contributed by atoms with Crippen molar-refractivity contribution < 1.29 is 14.6 Å². The molecule has 0 aromatic rings. The van der Waals surface area contributed by atoms with Crippen LogP contribution in [0.4, 0.5) is 0 Å². The summed E-state index contributed by atoms with van der Waals surface area (Å²) in [6, 6.07) is 0.714. The summed E-state index contributed by atoms with van der Waals surface area (Å²) in [6.07, 6.45) is 6.56. The number of carboxylic acid groups (broad SMARTS) is 1. The molecule has 1 aliphatic heterocycles. The molecule has 1 heterocycles. The summed E-state index contributed by atoms with van der Waals surface area (Å²) in [4.78, 5) is 13.2. The lowest BCUT2D eigenvalue weighted by molar-refractivity contribution is -0.158. The first kappa shape index (κ1) is 13.8. The molecular weight excluding hydrogens is 230 g/mol. The summed E-state index contributed by atoms with van der Waals surface area (Å²) in [5.41, 5.74) is 0.0904. The second kappa shape index (κ2) is 5.57. The second-order valence-corrected chi connectivity index (χ2v) is 5.85. The Hall–Kier alpha value is -0.610. The van der Waals surface area contributed by atoms with E-state index in [-0.39, 0.29) is 12.1 Å². The van der Waals surface area contributed by atoms with Crippen molar-refractivity contribution in [3.05, 3.63) is 0 Å². The standard InChI is InChI=1S/C14H25NO3/c1-3-11(2)15(10-13(16)17)12-5-8-18-14(9-12)6-4-7-14/h11-12H,3-10H2,1-2H3,(H,16,17). The van der Waals surface area contributed by atoms with Gasteiger partial charge in [0.25, 0.3) is 0 Å². The fourth-order valence-corrected chi connectivity index (χ4v) is 3.24. The molecule has 0 bridgehead atoms. The highest BCUT2D eigenvalue weighted by atomic mass is 16.5. The van der Waals surface area contributed by atoms with Gasteiger partial charge in [0.05, 0.1) is 12.1 Å². The van der Waals surface area contributed by atoms with Crippen LogP contribution in [0.3, 0.4) is 0 Å². The van der Waals surface area contributed by atoms with Crippen molar-refractivity contribution >= 4 is 5.97 Å². The van der Waals surface area contributed by atoms with Crippen molar-refractivity contribution in [1.29, 1.82) is 0 Å². The lowest BCUT2D eigenvalue weighted by atomic mass is 9.73. The van der Waals surface area contributed by atoms with Crippen LogP contribution >= 0.6 is 0 Å². The first-order valence-electron chi connectivity index (χ1n) is 7.18. The van der Waals surface area contributed by atoms with Crippen molar-refractivity contribution in [3.8, 4) is 0 Å². The van der Waals surface area contributed by atoms with Crippen LogP contribution in [0.15, 0.2) is 0 Å². The molecule has 104 valence electrons. The van der Waals surface area contributed by atoms with E-state index in [1.807, 2.05) is 0 Å². The number of carbonyl (C=O) groups is 1. The molecule has 0 amide bonds. The molecule has 4 nitrogen and oxygen atoms in total. The Morgan fingerprint density at radius 3 is 2.78 bits per heavy atom. The Kier molecular flexibility index (Phi) is 4.28. The lowest BCUT2D eigenvalue weighted by Crippen LogP contribution is -2.54. The minimum atomic E-state index is -0.718. The van der Waals surface area contributed by atoms with Gasteiger partial charge in [-0.05, 0) is 45.4 Å². The van der Waals surface area contributed by atoms with E-state index in [0.29, 0.717) is 12.1 Å². The van der Waals surface area contributed by atoms with Crippen molar-refractivity contribution in [2.24, 2.45) is 0 Å². The Balaban J connectivity index is 2.02. The van der Waals surface area contributed by atoms with Crippen LogP contribution in [0.2, 0.25) is 0 Å². The molecule has 1 spiro atoms. The van der Waals surface area contributed by atoms with Crippen LogP contribution in [0, 0.1) is 0 Å². The normalized spacial score (nSPS) is 28.1. The van der Waals surface area contributed by atoms with Gasteiger partial charge in [0.1, 0.15) is 0 Å². The first-order valence-corrected chi connectivity index (χ1v) is 7.18. The van der Waals surface area contributed by atoms with E-state index >= 15 is 0 Å². The summed E-state index contributed by atoms with van der Waals surface area (Å²) in [5, 5.41) is 9.09. The second-order valence-electron chi connectivity index (χ2n) is 5.85. The molecule has 1 saturated carbocycles. The molecule has 4 heteroatoms. The summed E-state index contributed by atoms with van der Waals surface area (Å²) in [7, 11) is 0. The number of aliphatic carboxylic acids is 1. The Morgan fingerprint density at radius 1 is 1.56 bits per heavy atom. The summed E-state index contributed by atoms with van der Waals surface area (Å²) in [5.74, 6) is -0.718. The Labute approximate surface area is 109 Å². The van der Waals surface area contributed by atoms with E-state index < -0.39 is 5.97 Å². The summed E-state index contributed by atoms with van der Waals surface area (Å²) >= 11 is 0. The Bertz CT molecular complexity index is 301. The molecule has 2 aliphatic rings. The molecule has 2 rings (SSSR count). The average molecular weight is 255 g/mol. The highest BCUT2D eigenvalue weighted by Crippen LogP contribution is 2.43. The number of ether oxygens (including phenoxy) is 1. The number of hydrogen-bond donors (Lipinski definition) is 1. The first-order chi connectivity index (χ1) is 8.56. The van der Waals surface area contributed by atoms with Crippen LogP contribution in [-0.2, 0) is 9.53 Å². The quantitative estimate of drug-likeness (QED) is 0.818. The van der Waals surface area contributed by atoms with Crippen LogP contribution in [0.5, 0.6) is 0 Å². The largest absolute Gasteiger partial charge is 0.480 e. The maximum Gasteiger partial charge on any atom is 0.317 e. The SMILES string of the molecule is CCC(C)N(CC(=O)O)C1CCOC2(CCC2)C1. The Morgan fingerprint density at radius 2 is 2.28 bits per heavy atom. The third kappa shape index (κ3) is 2.86. The van der Waals surface area contributed by atoms with E-state index in [2.05, 4.69) is 18.7 Å². The van der Waals surface area contributed by atoms with Gasteiger partial charge in [0.15, 0.2) is 0 Å². The van der Waals surface area contributed by atoms with Gasteiger partial charge in [-0.2, -0.15) is 0 Å². The molecule has 18 heavy (non-hydrogen) atoms. The molecule has 2 unspecified atom stereocenters. The highest BCUT2D eigenvalue weighted by molar-refractivity contribution is 5.69. The van der Waals surface area contributed by atoms with Crippen molar-refractivity contribution in [2.45, 2.75) is 70.1 Å². The maximum atomic E-state index is 11.0. The predicted molar refractivity (Wildman–Crippen MR) is 69.7 cm³/mol. The minimum Gasteiger partial charge on any atom is -0.480 e. The molecule has 0 radical (unpaired) electrons. The number of carboxylic acids is 1. The number of hydrogen-bond acceptors (Lipinski definition) is 3. The van der Waals surface area contributed by atoms with Crippen molar-refractivity contribution in [1.82, 2.24) is 4.90 Å². The lowest BCUT2D eigenvalue weighted by Gasteiger charge is -2.50. The molecule has 0 aromatic heterocycles. The highest BCUT2D eigenvalue weighted by Gasteiger charge is 2.44. The van der Waals surface area contributed by atoms with Gasteiger partial charge in [-0.1, -0.05) is 6.92 Å². The monoisotopic (exact) mass is 255 g/mol. The van der Waals surface area contributed by atoms with Crippen LogP contribution < -0.4 is 0 Å². The fraction of sp³-hybridized carbons (Fsp3) is 0.929.